The average molecular weight is 277 g/mol. The predicted molar refractivity (Wildman–Crippen MR) is 83.5 cm³/mol. The minimum absolute atomic E-state index is 0.00906. The fourth-order valence-electron chi connectivity index (χ4n) is 2.64. The Kier molecular flexibility index (Phi) is 5.30. The predicted octanol–water partition coefficient (Wildman–Crippen LogP) is 4.24. The monoisotopic (exact) mass is 277 g/mol. The number of nitrogens with one attached hydrogen (secondary N) is 1. The lowest BCUT2D eigenvalue weighted by Crippen LogP contribution is -2.41. The first-order valence-corrected chi connectivity index (χ1v) is 7.79. The first-order valence-electron chi connectivity index (χ1n) is 7.79. The fourth-order valence-corrected chi connectivity index (χ4v) is 2.64. The molecule has 3 nitrogen and oxygen atoms in total. The third kappa shape index (κ3) is 3.89. The van der Waals surface area contributed by atoms with Gasteiger partial charge in [0, 0.05) is 12.6 Å². The summed E-state index contributed by atoms with van der Waals surface area (Å²) < 4.78 is 11.7. The molecular weight excluding hydrogens is 250 g/mol. The molecule has 1 heterocycles. The molecule has 1 aliphatic rings. The van der Waals surface area contributed by atoms with E-state index in [-0.39, 0.29) is 5.60 Å². The van der Waals surface area contributed by atoms with Gasteiger partial charge in [-0.2, -0.15) is 0 Å². The van der Waals surface area contributed by atoms with Crippen LogP contribution >= 0.6 is 0 Å². The summed E-state index contributed by atoms with van der Waals surface area (Å²) in [5.74, 6) is 0.957. The number of para-hydroxylation sites is 2. The number of hydrogen-bond donors (Lipinski definition) is 1. The van der Waals surface area contributed by atoms with Gasteiger partial charge in [0.2, 0.25) is 0 Å². The maximum absolute atomic E-state index is 5.91. The van der Waals surface area contributed by atoms with Gasteiger partial charge in [0.1, 0.15) is 5.75 Å². The van der Waals surface area contributed by atoms with Crippen LogP contribution in [0.5, 0.6) is 5.75 Å². The minimum Gasteiger partial charge on any atom is -0.491 e. The highest BCUT2D eigenvalue weighted by Gasteiger charge is 2.31. The summed E-state index contributed by atoms with van der Waals surface area (Å²) in [5, 5.41) is 3.64. The van der Waals surface area contributed by atoms with Gasteiger partial charge in [0.05, 0.1) is 17.9 Å². The molecule has 0 aliphatic carbocycles. The molecule has 2 unspecified atom stereocenters. The number of hydrogen-bond acceptors (Lipinski definition) is 3. The van der Waals surface area contributed by atoms with Crippen LogP contribution in [0, 0.1) is 0 Å². The fraction of sp³-hybridized carbons (Fsp3) is 0.647. The second-order valence-corrected chi connectivity index (χ2v) is 5.83. The van der Waals surface area contributed by atoms with E-state index in [1.165, 1.54) is 0 Å². The van der Waals surface area contributed by atoms with Crippen molar-refractivity contribution < 1.29 is 9.47 Å². The lowest BCUT2D eigenvalue weighted by Gasteiger charge is -2.38. The second-order valence-electron chi connectivity index (χ2n) is 5.83. The molecule has 0 spiro atoms. The summed E-state index contributed by atoms with van der Waals surface area (Å²) in [6.45, 7) is 8.13. The van der Waals surface area contributed by atoms with Crippen LogP contribution in [-0.2, 0) is 4.74 Å². The maximum atomic E-state index is 5.91. The smallest absolute Gasteiger partial charge is 0.142 e. The van der Waals surface area contributed by atoms with Gasteiger partial charge in [-0.1, -0.05) is 26.0 Å². The Hall–Kier alpha value is -1.22. The van der Waals surface area contributed by atoms with E-state index in [4.69, 9.17) is 9.47 Å². The Morgan fingerprint density at radius 3 is 2.90 bits per heavy atom. The quantitative estimate of drug-likeness (QED) is 0.844. The molecule has 20 heavy (non-hydrogen) atoms. The Labute approximate surface area is 122 Å². The molecule has 2 atom stereocenters. The van der Waals surface area contributed by atoms with Crippen LogP contribution in [0.15, 0.2) is 24.3 Å². The molecule has 3 heteroatoms. The summed E-state index contributed by atoms with van der Waals surface area (Å²) in [4.78, 5) is 0. The zero-order chi connectivity index (χ0) is 14.4. The van der Waals surface area contributed by atoms with E-state index in [1.807, 2.05) is 12.1 Å². The molecule has 1 fully saturated rings. The third-order valence-electron chi connectivity index (χ3n) is 4.05. The van der Waals surface area contributed by atoms with E-state index in [9.17, 15) is 0 Å². The van der Waals surface area contributed by atoms with E-state index in [2.05, 4.69) is 38.2 Å². The van der Waals surface area contributed by atoms with Crippen LogP contribution in [0.2, 0.25) is 0 Å². The van der Waals surface area contributed by atoms with Crippen molar-refractivity contribution in [3.63, 3.8) is 0 Å². The number of anilines is 1. The minimum atomic E-state index is 0.00906. The number of ether oxygens (including phenoxy) is 2. The van der Waals surface area contributed by atoms with E-state index in [1.54, 1.807) is 0 Å². The van der Waals surface area contributed by atoms with Gasteiger partial charge in [-0.25, -0.2) is 0 Å². The zero-order valence-corrected chi connectivity index (χ0v) is 12.9. The first kappa shape index (κ1) is 15.2. The molecule has 0 aromatic heterocycles. The topological polar surface area (TPSA) is 30.5 Å². The highest BCUT2D eigenvalue weighted by molar-refractivity contribution is 5.56. The summed E-state index contributed by atoms with van der Waals surface area (Å²) in [6.07, 6.45) is 4.18. The van der Waals surface area contributed by atoms with Crippen LogP contribution in [0.4, 0.5) is 5.69 Å². The van der Waals surface area contributed by atoms with E-state index < -0.39 is 0 Å². The van der Waals surface area contributed by atoms with Crippen molar-refractivity contribution in [3.05, 3.63) is 24.3 Å². The maximum Gasteiger partial charge on any atom is 0.142 e. The van der Waals surface area contributed by atoms with Gasteiger partial charge in [-0.15, -0.1) is 0 Å². The lowest BCUT2D eigenvalue weighted by atomic mass is 9.90. The molecule has 0 amide bonds. The van der Waals surface area contributed by atoms with Gasteiger partial charge in [0.25, 0.3) is 0 Å². The summed E-state index contributed by atoms with van der Waals surface area (Å²) in [7, 11) is 0. The zero-order valence-electron chi connectivity index (χ0n) is 12.9. The molecule has 0 saturated carbocycles. The molecule has 1 aromatic rings. The standard InChI is InChI=1S/C17H27NO2/c1-4-11-19-16-9-7-6-8-15(16)18-14-10-12-20-17(3,5-2)13-14/h6-9,14,18H,4-5,10-13H2,1-3H3. The summed E-state index contributed by atoms with van der Waals surface area (Å²) in [6, 6.07) is 8.68. The highest BCUT2D eigenvalue weighted by Crippen LogP contribution is 2.32. The second kappa shape index (κ2) is 6.98. The molecule has 1 saturated heterocycles. The molecule has 1 aliphatic heterocycles. The van der Waals surface area contributed by atoms with Crippen molar-refractivity contribution in [2.75, 3.05) is 18.5 Å². The van der Waals surface area contributed by atoms with Crippen molar-refractivity contribution in [1.29, 1.82) is 0 Å². The molecule has 0 radical (unpaired) electrons. The van der Waals surface area contributed by atoms with E-state index in [0.717, 1.165) is 50.3 Å². The number of rotatable bonds is 6. The third-order valence-corrected chi connectivity index (χ3v) is 4.05. The molecular formula is C17H27NO2. The molecule has 1 N–H and O–H groups in total. The Morgan fingerprint density at radius 2 is 2.15 bits per heavy atom. The Morgan fingerprint density at radius 1 is 1.35 bits per heavy atom. The van der Waals surface area contributed by atoms with Gasteiger partial charge >= 0.3 is 0 Å². The van der Waals surface area contributed by atoms with Crippen molar-refractivity contribution in [1.82, 2.24) is 0 Å². The van der Waals surface area contributed by atoms with Crippen LogP contribution in [0.1, 0.15) is 46.5 Å². The van der Waals surface area contributed by atoms with Crippen molar-refractivity contribution in [2.45, 2.75) is 58.1 Å². The molecule has 112 valence electrons. The lowest BCUT2D eigenvalue weighted by molar-refractivity contribution is -0.0709. The first-order chi connectivity index (χ1) is 9.67. The van der Waals surface area contributed by atoms with Crippen LogP contribution in [-0.4, -0.2) is 24.9 Å². The van der Waals surface area contributed by atoms with Gasteiger partial charge in [0.15, 0.2) is 0 Å². The van der Waals surface area contributed by atoms with Gasteiger partial charge < -0.3 is 14.8 Å². The van der Waals surface area contributed by atoms with E-state index in [0.29, 0.717) is 6.04 Å². The Bertz CT molecular complexity index is 421. The highest BCUT2D eigenvalue weighted by atomic mass is 16.5. The van der Waals surface area contributed by atoms with Gasteiger partial charge in [-0.05, 0) is 44.7 Å². The average Bonchev–Trinajstić information content (AvgIpc) is 2.46. The molecule has 2 rings (SSSR count). The van der Waals surface area contributed by atoms with Crippen molar-refractivity contribution in [2.24, 2.45) is 0 Å². The van der Waals surface area contributed by atoms with Crippen LogP contribution < -0.4 is 10.1 Å². The molecule has 1 aromatic carbocycles. The van der Waals surface area contributed by atoms with Crippen molar-refractivity contribution >= 4 is 5.69 Å². The SMILES string of the molecule is CCCOc1ccccc1NC1CCOC(C)(CC)C1. The van der Waals surface area contributed by atoms with Crippen LogP contribution in [0.25, 0.3) is 0 Å². The normalized spacial score (nSPS) is 26.2. The van der Waals surface area contributed by atoms with Crippen molar-refractivity contribution in [3.8, 4) is 5.75 Å². The number of benzene rings is 1. The van der Waals surface area contributed by atoms with E-state index >= 15 is 0 Å². The molecule has 0 bridgehead atoms. The van der Waals surface area contributed by atoms with Gasteiger partial charge in [-0.3, -0.25) is 0 Å². The van der Waals surface area contributed by atoms with Crippen LogP contribution in [0.3, 0.4) is 0 Å². The summed E-state index contributed by atoms with van der Waals surface area (Å²) >= 11 is 0. The Balaban J connectivity index is 2.02. The summed E-state index contributed by atoms with van der Waals surface area (Å²) in [5.41, 5.74) is 1.11. The largest absolute Gasteiger partial charge is 0.491 e.